The number of phosphoric ester groups is 1. The zero-order valence-corrected chi connectivity index (χ0v) is 9.21. The Labute approximate surface area is 94.9 Å². The van der Waals surface area contributed by atoms with Crippen molar-refractivity contribution in [1.82, 2.24) is 0 Å². The molecule has 11 heteroatoms. The van der Waals surface area contributed by atoms with Gasteiger partial charge in [0, 0.05) is 0 Å². The first kappa shape index (κ1) is 14.9. The third kappa shape index (κ3) is 3.20. The van der Waals surface area contributed by atoms with E-state index in [1.54, 1.807) is 0 Å². The van der Waals surface area contributed by atoms with Crippen LogP contribution in [0.2, 0.25) is 0 Å². The molecule has 0 amide bonds. The molecular formula is C6H13O10P. The zero-order chi connectivity index (χ0) is 13.4. The number of aliphatic hydroxyl groups is 5. The molecule has 0 aliphatic carbocycles. The first-order valence-corrected chi connectivity index (χ1v) is 5.93. The summed E-state index contributed by atoms with van der Waals surface area (Å²) in [4.78, 5) is 16.8. The Kier molecular flexibility index (Phi) is 4.27. The predicted molar refractivity (Wildman–Crippen MR) is 48.1 cm³/mol. The number of aliphatic hydroxyl groups excluding tert-OH is 4. The molecule has 1 heterocycles. The maximum absolute atomic E-state index is 10.4. The second-order valence-corrected chi connectivity index (χ2v) is 4.71. The zero-order valence-electron chi connectivity index (χ0n) is 8.32. The van der Waals surface area contributed by atoms with Gasteiger partial charge in [0.25, 0.3) is 0 Å². The molecule has 0 radical (unpaired) electrons. The van der Waals surface area contributed by atoms with Crippen LogP contribution in [0.25, 0.3) is 0 Å². The largest absolute Gasteiger partial charge is 0.472 e. The van der Waals surface area contributed by atoms with Crippen molar-refractivity contribution in [2.45, 2.75) is 30.4 Å². The first-order chi connectivity index (χ1) is 7.58. The van der Waals surface area contributed by atoms with Gasteiger partial charge in [-0.05, 0) is 0 Å². The van der Waals surface area contributed by atoms with E-state index < -0.39 is 44.8 Å². The quantitative estimate of drug-likeness (QED) is 0.200. The van der Waals surface area contributed by atoms with Gasteiger partial charge in [0.15, 0.2) is 0 Å². The van der Waals surface area contributed by atoms with Gasteiger partial charge in [-0.2, -0.15) is 0 Å². The highest BCUT2D eigenvalue weighted by molar-refractivity contribution is 7.46. The Morgan fingerprint density at radius 3 is 2.35 bits per heavy atom. The average molecular weight is 276 g/mol. The van der Waals surface area contributed by atoms with Gasteiger partial charge in [-0.15, -0.1) is 0 Å². The molecule has 0 saturated carbocycles. The lowest BCUT2D eigenvalue weighted by Crippen LogP contribution is -2.66. The molecule has 1 unspecified atom stereocenters. The molecule has 0 bridgehead atoms. The van der Waals surface area contributed by atoms with Gasteiger partial charge < -0.3 is 40.1 Å². The third-order valence-corrected chi connectivity index (χ3v) is 2.69. The van der Waals surface area contributed by atoms with Gasteiger partial charge in [-0.25, -0.2) is 4.57 Å². The number of hydrogen-bond donors (Lipinski definition) is 7. The van der Waals surface area contributed by atoms with Crippen LogP contribution >= 0.6 is 7.82 Å². The van der Waals surface area contributed by atoms with E-state index in [9.17, 15) is 25.0 Å². The summed E-state index contributed by atoms with van der Waals surface area (Å²) in [5, 5.41) is 46.5. The summed E-state index contributed by atoms with van der Waals surface area (Å²) in [5.41, 5.74) is 0. The average Bonchev–Trinajstić information content (AvgIpc) is 2.18. The highest BCUT2D eigenvalue weighted by Crippen LogP contribution is 2.41. The van der Waals surface area contributed by atoms with Crippen LogP contribution in [0, 0.1) is 0 Å². The molecule has 0 spiro atoms. The maximum atomic E-state index is 10.4. The van der Waals surface area contributed by atoms with Crippen molar-refractivity contribution in [3.8, 4) is 0 Å². The summed E-state index contributed by atoms with van der Waals surface area (Å²) in [6.45, 7) is -0.670. The van der Waals surface area contributed by atoms with Crippen molar-refractivity contribution in [3.63, 3.8) is 0 Å². The number of ether oxygens (including phenoxy) is 1. The van der Waals surface area contributed by atoms with E-state index in [1.165, 1.54) is 0 Å². The van der Waals surface area contributed by atoms with Crippen LogP contribution in [0.4, 0.5) is 0 Å². The molecular weight excluding hydrogens is 263 g/mol. The molecule has 1 aliphatic rings. The van der Waals surface area contributed by atoms with Crippen LogP contribution in [-0.2, 0) is 13.8 Å². The molecule has 1 aliphatic heterocycles. The van der Waals surface area contributed by atoms with Gasteiger partial charge in [0.1, 0.15) is 18.3 Å². The SMILES string of the molecule is O=P(O)(O)OC(O)[C@]1(O)OC[C@@H](O)[C@@H](O)[C@@H]1O. The van der Waals surface area contributed by atoms with Crippen molar-refractivity contribution < 1.29 is 49.1 Å². The first-order valence-electron chi connectivity index (χ1n) is 4.40. The number of hydrogen-bond acceptors (Lipinski definition) is 8. The smallest absolute Gasteiger partial charge is 0.388 e. The minimum Gasteiger partial charge on any atom is -0.388 e. The topological polar surface area (TPSA) is 177 Å². The molecule has 1 saturated heterocycles. The second-order valence-electron chi connectivity index (χ2n) is 3.51. The van der Waals surface area contributed by atoms with E-state index in [4.69, 9.17) is 14.9 Å². The highest BCUT2D eigenvalue weighted by Gasteiger charge is 2.55. The molecule has 17 heavy (non-hydrogen) atoms. The number of phosphoric acid groups is 1. The van der Waals surface area contributed by atoms with Crippen LogP contribution in [0.3, 0.4) is 0 Å². The lowest BCUT2D eigenvalue weighted by molar-refractivity contribution is -0.380. The fourth-order valence-corrected chi connectivity index (χ4v) is 1.69. The van der Waals surface area contributed by atoms with Crippen molar-refractivity contribution in [2.24, 2.45) is 0 Å². The summed E-state index contributed by atoms with van der Waals surface area (Å²) in [6, 6.07) is 0. The second kappa shape index (κ2) is 4.86. The molecule has 1 fully saturated rings. The monoisotopic (exact) mass is 276 g/mol. The lowest BCUT2D eigenvalue weighted by Gasteiger charge is -2.43. The highest BCUT2D eigenvalue weighted by atomic mass is 31.2. The molecule has 10 nitrogen and oxygen atoms in total. The van der Waals surface area contributed by atoms with E-state index >= 15 is 0 Å². The van der Waals surface area contributed by atoms with Gasteiger partial charge in [0.2, 0.25) is 12.1 Å². The Bertz CT molecular complexity index is 316. The summed E-state index contributed by atoms with van der Waals surface area (Å²) in [5.74, 6) is -2.96. The number of rotatable bonds is 3. The normalized spacial score (nSPS) is 41.2. The molecule has 1 rings (SSSR count). The third-order valence-electron chi connectivity index (χ3n) is 2.22. The van der Waals surface area contributed by atoms with Crippen LogP contribution in [0.5, 0.6) is 0 Å². The van der Waals surface area contributed by atoms with Crippen molar-refractivity contribution >= 4 is 7.82 Å². The van der Waals surface area contributed by atoms with Crippen molar-refractivity contribution in [3.05, 3.63) is 0 Å². The lowest BCUT2D eigenvalue weighted by atomic mass is 9.96. The van der Waals surface area contributed by atoms with E-state index in [1.807, 2.05) is 0 Å². The Morgan fingerprint density at radius 1 is 1.35 bits per heavy atom. The summed E-state index contributed by atoms with van der Waals surface area (Å²) < 4.78 is 18.6. The summed E-state index contributed by atoms with van der Waals surface area (Å²) in [7, 11) is -5.14. The Balaban J connectivity index is 2.83. The van der Waals surface area contributed by atoms with E-state index in [0.717, 1.165) is 0 Å². The standard InChI is InChI=1S/C6H13O10P/c7-2-1-15-6(11,4(9)3(2)8)5(10)16-17(12,13)14/h2-5,7-11H,1H2,(H2,12,13,14)/t2-,3-,4+,5?,6-/m1/s1. The van der Waals surface area contributed by atoms with E-state index in [-0.39, 0.29) is 0 Å². The fraction of sp³-hybridized carbons (Fsp3) is 1.00. The summed E-state index contributed by atoms with van der Waals surface area (Å²) in [6.07, 6.45) is -8.22. The molecule has 7 N–H and O–H groups in total. The fourth-order valence-electron chi connectivity index (χ4n) is 1.28. The van der Waals surface area contributed by atoms with Gasteiger partial charge in [-0.1, -0.05) is 0 Å². The van der Waals surface area contributed by atoms with Gasteiger partial charge >= 0.3 is 7.82 Å². The van der Waals surface area contributed by atoms with Gasteiger partial charge in [0.05, 0.1) is 6.61 Å². The Morgan fingerprint density at radius 2 is 1.88 bits per heavy atom. The molecule has 102 valence electrons. The minimum atomic E-state index is -5.14. The van der Waals surface area contributed by atoms with Crippen LogP contribution in [-0.4, -0.2) is 72.3 Å². The summed E-state index contributed by atoms with van der Waals surface area (Å²) >= 11 is 0. The van der Waals surface area contributed by atoms with E-state index in [0.29, 0.717) is 0 Å². The van der Waals surface area contributed by atoms with E-state index in [2.05, 4.69) is 9.26 Å². The minimum absolute atomic E-state index is 0.670. The van der Waals surface area contributed by atoms with Crippen LogP contribution < -0.4 is 0 Å². The maximum Gasteiger partial charge on any atom is 0.472 e. The van der Waals surface area contributed by atoms with Crippen molar-refractivity contribution in [1.29, 1.82) is 0 Å². The van der Waals surface area contributed by atoms with Crippen LogP contribution in [0.1, 0.15) is 0 Å². The van der Waals surface area contributed by atoms with Crippen LogP contribution in [0.15, 0.2) is 0 Å². The molecule has 0 aromatic carbocycles. The Hall–Kier alpha value is -0.130. The predicted octanol–water partition coefficient (Wildman–Crippen LogP) is -3.78. The molecule has 0 aromatic rings. The molecule has 5 atom stereocenters. The molecule has 0 aromatic heterocycles. The van der Waals surface area contributed by atoms with Gasteiger partial charge in [-0.3, -0.25) is 4.52 Å². The van der Waals surface area contributed by atoms with Crippen molar-refractivity contribution in [2.75, 3.05) is 6.61 Å².